The monoisotopic (exact) mass is 259 g/mol. The van der Waals surface area contributed by atoms with Crippen LogP contribution in [0.4, 0.5) is 5.69 Å². The maximum Gasteiger partial charge on any atom is 0.311 e. The highest BCUT2D eigenvalue weighted by atomic mass is 16.4. The Morgan fingerprint density at radius 1 is 1.37 bits per heavy atom. The van der Waals surface area contributed by atoms with Gasteiger partial charge in [0.05, 0.1) is 5.92 Å². The molecule has 4 unspecified atom stereocenters. The quantitative estimate of drug-likeness (QED) is 0.819. The topological polar surface area (TPSA) is 63.3 Å². The molecule has 102 valence electrons. The van der Waals surface area contributed by atoms with Gasteiger partial charge in [0, 0.05) is 5.69 Å². The molecule has 0 radical (unpaired) electrons. The van der Waals surface area contributed by atoms with Gasteiger partial charge in [-0.1, -0.05) is 24.1 Å². The van der Waals surface area contributed by atoms with Crippen molar-refractivity contribution in [3.05, 3.63) is 29.3 Å². The molecule has 2 aliphatic carbocycles. The van der Waals surface area contributed by atoms with Gasteiger partial charge in [0.1, 0.15) is 0 Å². The third-order valence-corrected chi connectivity index (χ3v) is 5.06. The number of nitrogens with two attached hydrogens (primary N) is 1. The molecule has 0 aromatic heterocycles. The van der Waals surface area contributed by atoms with Crippen LogP contribution < -0.4 is 5.73 Å². The molecular formula is C16H21NO2. The molecular weight excluding hydrogens is 238 g/mol. The van der Waals surface area contributed by atoms with E-state index in [2.05, 4.69) is 0 Å². The Hall–Kier alpha value is -1.51. The standard InChI is InChI=1S/C16H21NO2/c1-9-2-5-14(17)13(6-9)15(16(18)19)12-8-10-3-4-11(12)7-10/h2,5-6,10-12,15H,3-4,7-8,17H2,1H3,(H,18,19). The molecule has 3 rings (SSSR count). The van der Waals surface area contributed by atoms with Crippen molar-refractivity contribution in [1.29, 1.82) is 0 Å². The SMILES string of the molecule is Cc1ccc(N)c(C(C(=O)O)C2CC3CCC2C3)c1. The van der Waals surface area contributed by atoms with E-state index in [9.17, 15) is 9.90 Å². The van der Waals surface area contributed by atoms with Crippen molar-refractivity contribution in [2.24, 2.45) is 17.8 Å². The van der Waals surface area contributed by atoms with Crippen LogP contribution in [0.15, 0.2) is 18.2 Å². The summed E-state index contributed by atoms with van der Waals surface area (Å²) in [6.07, 6.45) is 4.77. The maximum atomic E-state index is 11.8. The first-order valence-corrected chi connectivity index (χ1v) is 7.15. The normalized spacial score (nSPS) is 30.5. The molecule has 0 aliphatic heterocycles. The van der Waals surface area contributed by atoms with Crippen molar-refractivity contribution < 1.29 is 9.90 Å². The fourth-order valence-electron chi connectivity index (χ4n) is 4.21. The number of aryl methyl sites for hydroxylation is 1. The van der Waals surface area contributed by atoms with Crippen LogP contribution in [0, 0.1) is 24.7 Å². The molecule has 0 amide bonds. The number of anilines is 1. The number of hydrogen-bond donors (Lipinski definition) is 2. The predicted molar refractivity (Wildman–Crippen MR) is 74.9 cm³/mol. The van der Waals surface area contributed by atoms with E-state index in [1.807, 2.05) is 25.1 Å². The van der Waals surface area contributed by atoms with Crippen molar-refractivity contribution in [2.45, 2.75) is 38.5 Å². The minimum absolute atomic E-state index is 0.278. The first kappa shape index (κ1) is 12.5. The van der Waals surface area contributed by atoms with Crippen LogP contribution in [0.1, 0.15) is 42.7 Å². The molecule has 3 heteroatoms. The first-order valence-electron chi connectivity index (χ1n) is 7.15. The van der Waals surface area contributed by atoms with Crippen LogP contribution in [0.3, 0.4) is 0 Å². The minimum Gasteiger partial charge on any atom is -0.481 e. The van der Waals surface area contributed by atoms with Gasteiger partial charge in [-0.15, -0.1) is 0 Å². The third-order valence-electron chi connectivity index (χ3n) is 5.06. The first-order chi connectivity index (χ1) is 9.06. The van der Waals surface area contributed by atoms with Crippen LogP contribution in [0.2, 0.25) is 0 Å². The average molecular weight is 259 g/mol. The van der Waals surface area contributed by atoms with Crippen molar-refractivity contribution in [3.63, 3.8) is 0 Å². The van der Waals surface area contributed by atoms with E-state index in [1.165, 1.54) is 19.3 Å². The number of benzene rings is 1. The molecule has 2 saturated carbocycles. The highest BCUT2D eigenvalue weighted by Crippen LogP contribution is 2.53. The van der Waals surface area contributed by atoms with E-state index in [4.69, 9.17) is 5.73 Å². The molecule has 3 nitrogen and oxygen atoms in total. The zero-order valence-electron chi connectivity index (χ0n) is 11.3. The maximum absolute atomic E-state index is 11.8. The highest BCUT2D eigenvalue weighted by Gasteiger charge is 2.46. The van der Waals surface area contributed by atoms with Gasteiger partial charge in [-0.05, 0) is 55.6 Å². The number of rotatable bonds is 3. The summed E-state index contributed by atoms with van der Waals surface area (Å²) >= 11 is 0. The lowest BCUT2D eigenvalue weighted by molar-refractivity contribution is -0.140. The lowest BCUT2D eigenvalue weighted by Gasteiger charge is -2.29. The second-order valence-corrected chi connectivity index (χ2v) is 6.29. The van der Waals surface area contributed by atoms with Crippen molar-refractivity contribution >= 4 is 11.7 Å². The number of carboxylic acids is 1. The van der Waals surface area contributed by atoms with Gasteiger partial charge in [0.15, 0.2) is 0 Å². The largest absolute Gasteiger partial charge is 0.481 e. The molecule has 1 aromatic carbocycles. The average Bonchev–Trinajstić information content (AvgIpc) is 2.96. The van der Waals surface area contributed by atoms with Gasteiger partial charge in [-0.2, -0.15) is 0 Å². The van der Waals surface area contributed by atoms with E-state index in [1.54, 1.807) is 0 Å². The summed E-state index contributed by atoms with van der Waals surface area (Å²) in [5.41, 5.74) is 8.56. The van der Waals surface area contributed by atoms with Gasteiger partial charge in [-0.3, -0.25) is 4.79 Å². The summed E-state index contributed by atoms with van der Waals surface area (Å²) < 4.78 is 0. The second kappa shape index (κ2) is 4.55. The fourth-order valence-corrected chi connectivity index (χ4v) is 4.21. The molecule has 0 saturated heterocycles. The van der Waals surface area contributed by atoms with E-state index >= 15 is 0 Å². The van der Waals surface area contributed by atoms with E-state index in [0.29, 0.717) is 11.6 Å². The van der Waals surface area contributed by atoms with E-state index in [-0.39, 0.29) is 5.92 Å². The van der Waals surface area contributed by atoms with E-state index in [0.717, 1.165) is 23.5 Å². The highest BCUT2D eigenvalue weighted by molar-refractivity contribution is 5.79. The molecule has 2 aliphatic rings. The molecule has 3 N–H and O–H groups in total. The molecule has 4 atom stereocenters. The summed E-state index contributed by atoms with van der Waals surface area (Å²) in [5.74, 6) is 0.485. The molecule has 2 bridgehead atoms. The molecule has 1 aromatic rings. The van der Waals surface area contributed by atoms with Crippen molar-refractivity contribution in [1.82, 2.24) is 0 Å². The Kier molecular flexibility index (Phi) is 3.00. The molecule has 2 fully saturated rings. The van der Waals surface area contributed by atoms with Gasteiger partial charge in [0.25, 0.3) is 0 Å². The Labute approximate surface area is 113 Å². The van der Waals surface area contributed by atoms with Crippen LogP contribution in [0.5, 0.6) is 0 Å². The molecule has 0 heterocycles. The smallest absolute Gasteiger partial charge is 0.311 e. The number of carboxylic acid groups (broad SMARTS) is 1. The number of aliphatic carboxylic acids is 1. The van der Waals surface area contributed by atoms with Crippen LogP contribution in [-0.4, -0.2) is 11.1 Å². The number of hydrogen-bond acceptors (Lipinski definition) is 2. The predicted octanol–water partition coefficient (Wildman–Crippen LogP) is 3.18. The summed E-state index contributed by atoms with van der Waals surface area (Å²) in [5, 5.41) is 9.68. The zero-order valence-corrected chi connectivity index (χ0v) is 11.3. The Morgan fingerprint density at radius 2 is 2.16 bits per heavy atom. The van der Waals surface area contributed by atoms with Gasteiger partial charge < -0.3 is 10.8 Å². The van der Waals surface area contributed by atoms with Gasteiger partial charge in [0.2, 0.25) is 0 Å². The summed E-state index contributed by atoms with van der Waals surface area (Å²) in [7, 11) is 0. The number of carbonyl (C=O) groups is 1. The Morgan fingerprint density at radius 3 is 2.74 bits per heavy atom. The Balaban J connectivity index is 1.97. The summed E-state index contributed by atoms with van der Waals surface area (Å²) in [6.45, 7) is 1.99. The third kappa shape index (κ3) is 2.11. The lowest BCUT2D eigenvalue weighted by atomic mass is 9.75. The van der Waals surface area contributed by atoms with Crippen molar-refractivity contribution in [2.75, 3.05) is 5.73 Å². The molecule has 19 heavy (non-hydrogen) atoms. The van der Waals surface area contributed by atoms with Crippen LogP contribution in [-0.2, 0) is 4.79 Å². The number of fused-ring (bicyclic) bond motifs is 2. The zero-order chi connectivity index (χ0) is 13.6. The van der Waals surface area contributed by atoms with Gasteiger partial charge in [-0.25, -0.2) is 0 Å². The van der Waals surface area contributed by atoms with Gasteiger partial charge >= 0.3 is 5.97 Å². The lowest BCUT2D eigenvalue weighted by Crippen LogP contribution is -2.26. The Bertz CT molecular complexity index is 511. The van der Waals surface area contributed by atoms with Crippen LogP contribution >= 0.6 is 0 Å². The number of nitrogen functional groups attached to an aromatic ring is 1. The van der Waals surface area contributed by atoms with Crippen molar-refractivity contribution in [3.8, 4) is 0 Å². The second-order valence-electron chi connectivity index (χ2n) is 6.29. The summed E-state index contributed by atoms with van der Waals surface area (Å²) in [4.78, 5) is 11.8. The summed E-state index contributed by atoms with van der Waals surface area (Å²) in [6, 6.07) is 5.74. The van der Waals surface area contributed by atoms with Crippen LogP contribution in [0.25, 0.3) is 0 Å². The van der Waals surface area contributed by atoms with E-state index < -0.39 is 11.9 Å². The fraction of sp³-hybridized carbons (Fsp3) is 0.562. The minimum atomic E-state index is -0.713. The molecule has 0 spiro atoms.